The molecule has 1 aliphatic carbocycles. The molecule has 150 valence electrons. The van der Waals surface area contributed by atoms with Crippen molar-refractivity contribution in [3.05, 3.63) is 74.9 Å². The Bertz CT molecular complexity index is 1060. The summed E-state index contributed by atoms with van der Waals surface area (Å²) in [6.45, 7) is 5.25. The van der Waals surface area contributed by atoms with E-state index in [0.29, 0.717) is 18.2 Å². The zero-order valence-corrected chi connectivity index (χ0v) is 18.2. The lowest BCUT2D eigenvalue weighted by Gasteiger charge is -2.24. The maximum atomic E-state index is 12.9. The van der Waals surface area contributed by atoms with Gasteiger partial charge in [0.15, 0.2) is 0 Å². The van der Waals surface area contributed by atoms with Crippen molar-refractivity contribution < 1.29 is 4.79 Å². The molecule has 0 unspecified atom stereocenters. The minimum atomic E-state index is 0.163. The monoisotopic (exact) mass is 426 g/mol. The van der Waals surface area contributed by atoms with Crippen LogP contribution in [0.1, 0.15) is 35.1 Å². The van der Waals surface area contributed by atoms with E-state index in [1.165, 1.54) is 0 Å². The fourth-order valence-electron chi connectivity index (χ4n) is 3.64. The van der Waals surface area contributed by atoms with E-state index in [0.717, 1.165) is 57.4 Å². The van der Waals surface area contributed by atoms with Gasteiger partial charge in [-0.2, -0.15) is 0 Å². The number of fused-ring (bicyclic) bond motifs is 1. The number of pyridine rings is 1. The molecule has 4 rings (SSSR count). The van der Waals surface area contributed by atoms with Gasteiger partial charge in [-0.15, -0.1) is 0 Å². The number of rotatable bonds is 6. The van der Waals surface area contributed by atoms with Crippen LogP contribution >= 0.6 is 23.2 Å². The van der Waals surface area contributed by atoms with E-state index in [2.05, 4.69) is 30.1 Å². The number of carbonyl (C=O) groups excluding carboxylic acids is 1. The first-order valence-electron chi connectivity index (χ1n) is 10.0. The number of amides is 1. The number of hydrogen-bond acceptors (Lipinski definition) is 2. The van der Waals surface area contributed by atoms with Gasteiger partial charge in [-0.05, 0) is 68.0 Å². The van der Waals surface area contributed by atoms with E-state index in [-0.39, 0.29) is 11.8 Å². The summed E-state index contributed by atoms with van der Waals surface area (Å²) in [4.78, 5) is 19.5. The normalized spacial score (nSPS) is 13.7. The van der Waals surface area contributed by atoms with E-state index >= 15 is 0 Å². The van der Waals surface area contributed by atoms with E-state index in [1.54, 1.807) is 0 Å². The molecule has 3 aromatic rings. The lowest BCUT2D eigenvalue weighted by Crippen LogP contribution is -2.33. The van der Waals surface area contributed by atoms with Gasteiger partial charge in [-0.25, -0.2) is 4.98 Å². The summed E-state index contributed by atoms with van der Waals surface area (Å²) in [5, 5.41) is 2.30. The van der Waals surface area contributed by atoms with Crippen LogP contribution in [0.2, 0.25) is 10.2 Å². The van der Waals surface area contributed by atoms with Crippen LogP contribution in [0.25, 0.3) is 10.9 Å². The summed E-state index contributed by atoms with van der Waals surface area (Å²) in [5.41, 5.74) is 5.26. The molecular formula is C24H24Cl2N2O. The Balaban J connectivity index is 1.60. The predicted molar refractivity (Wildman–Crippen MR) is 120 cm³/mol. The summed E-state index contributed by atoms with van der Waals surface area (Å²) >= 11 is 12.5. The average molecular weight is 427 g/mol. The Morgan fingerprint density at radius 1 is 1.07 bits per heavy atom. The highest BCUT2D eigenvalue weighted by molar-refractivity contribution is 6.31. The highest BCUT2D eigenvalue weighted by Crippen LogP contribution is 2.33. The van der Waals surface area contributed by atoms with Gasteiger partial charge in [-0.3, -0.25) is 4.79 Å². The molecule has 0 N–H and O–H groups in total. The molecule has 1 aliphatic rings. The maximum Gasteiger partial charge on any atom is 0.225 e. The number of hydrogen-bond donors (Lipinski definition) is 0. The van der Waals surface area contributed by atoms with Gasteiger partial charge in [0, 0.05) is 35.0 Å². The first kappa shape index (κ1) is 20.2. The highest BCUT2D eigenvalue weighted by atomic mass is 35.5. The lowest BCUT2D eigenvalue weighted by atomic mass is 10.0. The molecular weight excluding hydrogens is 403 g/mol. The molecule has 29 heavy (non-hydrogen) atoms. The van der Waals surface area contributed by atoms with Crippen molar-refractivity contribution in [1.29, 1.82) is 0 Å². The number of nitrogens with zero attached hydrogens (tertiary/aromatic N) is 2. The third-order valence-corrected chi connectivity index (χ3v) is 6.19. The molecule has 1 amide bonds. The van der Waals surface area contributed by atoms with Crippen LogP contribution in [0.5, 0.6) is 0 Å². The molecule has 0 atom stereocenters. The summed E-state index contributed by atoms with van der Waals surface area (Å²) < 4.78 is 0. The fourth-order valence-corrected chi connectivity index (χ4v) is 3.96. The molecule has 1 fully saturated rings. The second-order valence-corrected chi connectivity index (χ2v) is 8.74. The average Bonchev–Trinajstić information content (AvgIpc) is 3.55. The quantitative estimate of drug-likeness (QED) is 0.443. The molecule has 0 aliphatic heterocycles. The van der Waals surface area contributed by atoms with E-state index in [9.17, 15) is 4.79 Å². The number of halogens is 2. The smallest absolute Gasteiger partial charge is 0.225 e. The van der Waals surface area contributed by atoms with Crippen LogP contribution < -0.4 is 0 Å². The maximum absolute atomic E-state index is 12.9. The summed E-state index contributed by atoms with van der Waals surface area (Å²) in [6.07, 6.45) is 2.75. The largest absolute Gasteiger partial charge is 0.338 e. The molecule has 0 saturated heterocycles. The molecule has 5 heteroatoms. The Morgan fingerprint density at radius 3 is 2.45 bits per heavy atom. The van der Waals surface area contributed by atoms with Gasteiger partial charge in [0.1, 0.15) is 5.15 Å². The fraction of sp³-hybridized carbons (Fsp3) is 0.333. The van der Waals surface area contributed by atoms with E-state index in [4.69, 9.17) is 23.2 Å². The van der Waals surface area contributed by atoms with Gasteiger partial charge >= 0.3 is 0 Å². The standard InChI is InChI=1S/C24H24Cl2N2O/c1-15-3-4-16(2)22-21(15)13-19(23(26)27-22)14-28(24(29)18-7-8-18)12-11-17-5-9-20(25)10-6-17/h3-6,9-10,13,18H,7-8,11-12,14H2,1-2H3. The van der Waals surface area contributed by atoms with Crippen molar-refractivity contribution in [3.8, 4) is 0 Å². The summed E-state index contributed by atoms with van der Waals surface area (Å²) in [6, 6.07) is 14.1. The minimum absolute atomic E-state index is 0.163. The minimum Gasteiger partial charge on any atom is -0.338 e. The summed E-state index contributed by atoms with van der Waals surface area (Å²) in [5.74, 6) is 0.382. The van der Waals surface area contributed by atoms with Crippen LogP contribution in [0.3, 0.4) is 0 Å². The van der Waals surface area contributed by atoms with Gasteiger partial charge in [0.2, 0.25) is 5.91 Å². The Labute approximate surface area is 181 Å². The van der Waals surface area contributed by atoms with Crippen molar-refractivity contribution in [3.63, 3.8) is 0 Å². The molecule has 0 spiro atoms. The van der Waals surface area contributed by atoms with Crippen molar-refractivity contribution in [1.82, 2.24) is 9.88 Å². The van der Waals surface area contributed by atoms with Crippen LogP contribution in [0.15, 0.2) is 42.5 Å². The second kappa shape index (κ2) is 8.33. The highest BCUT2D eigenvalue weighted by Gasteiger charge is 2.33. The first-order valence-corrected chi connectivity index (χ1v) is 10.8. The van der Waals surface area contributed by atoms with Gasteiger partial charge in [0.05, 0.1) is 5.52 Å². The van der Waals surface area contributed by atoms with Crippen LogP contribution in [0.4, 0.5) is 0 Å². The zero-order valence-electron chi connectivity index (χ0n) is 16.7. The molecule has 0 radical (unpaired) electrons. The van der Waals surface area contributed by atoms with Crippen molar-refractivity contribution >= 4 is 40.0 Å². The zero-order chi connectivity index (χ0) is 20.5. The van der Waals surface area contributed by atoms with Gasteiger partial charge in [-0.1, -0.05) is 47.5 Å². The molecule has 3 nitrogen and oxygen atoms in total. The Kier molecular flexibility index (Phi) is 5.80. The summed E-state index contributed by atoms with van der Waals surface area (Å²) in [7, 11) is 0. The Morgan fingerprint density at radius 2 is 1.76 bits per heavy atom. The number of benzene rings is 2. The lowest BCUT2D eigenvalue weighted by molar-refractivity contribution is -0.133. The molecule has 1 heterocycles. The van der Waals surface area contributed by atoms with Crippen molar-refractivity contribution in [2.75, 3.05) is 6.54 Å². The molecule has 1 aromatic heterocycles. The van der Waals surface area contributed by atoms with E-state index < -0.39 is 0 Å². The van der Waals surface area contributed by atoms with Crippen LogP contribution in [-0.4, -0.2) is 22.3 Å². The Hall–Kier alpha value is -2.10. The van der Waals surface area contributed by atoms with Crippen LogP contribution in [-0.2, 0) is 17.8 Å². The second-order valence-electron chi connectivity index (χ2n) is 7.94. The topological polar surface area (TPSA) is 33.2 Å². The third kappa shape index (κ3) is 4.57. The SMILES string of the molecule is Cc1ccc(C)c2nc(Cl)c(CN(CCc3ccc(Cl)cc3)C(=O)C3CC3)cc12. The number of carbonyl (C=O) groups is 1. The van der Waals surface area contributed by atoms with Gasteiger partial charge < -0.3 is 4.90 Å². The van der Waals surface area contributed by atoms with E-state index in [1.807, 2.05) is 36.1 Å². The van der Waals surface area contributed by atoms with Crippen molar-refractivity contribution in [2.45, 2.75) is 39.7 Å². The molecule has 0 bridgehead atoms. The third-order valence-electron chi connectivity index (χ3n) is 5.61. The first-order chi connectivity index (χ1) is 13.9. The van der Waals surface area contributed by atoms with Gasteiger partial charge in [0.25, 0.3) is 0 Å². The predicted octanol–water partition coefficient (Wildman–Crippen LogP) is 6.14. The molecule has 1 saturated carbocycles. The van der Waals surface area contributed by atoms with Crippen LogP contribution in [0, 0.1) is 19.8 Å². The number of aryl methyl sites for hydroxylation is 2. The van der Waals surface area contributed by atoms with Crippen molar-refractivity contribution in [2.24, 2.45) is 5.92 Å². The number of aromatic nitrogens is 1. The molecule has 2 aromatic carbocycles.